The fraction of sp³-hybridized carbons (Fsp3) is 0.154. The number of hydrogen-bond acceptors (Lipinski definition) is 2. The van der Waals surface area contributed by atoms with Gasteiger partial charge in [0, 0.05) is 29.0 Å². The minimum absolute atomic E-state index is 0.00605. The van der Waals surface area contributed by atoms with Gasteiger partial charge in [0.15, 0.2) is 5.11 Å². The van der Waals surface area contributed by atoms with Gasteiger partial charge in [-0.3, -0.25) is 4.98 Å². The van der Waals surface area contributed by atoms with Gasteiger partial charge in [0.05, 0.1) is 17.8 Å². The molecule has 1 N–H and O–H groups in total. The summed E-state index contributed by atoms with van der Waals surface area (Å²) in [6, 6.07) is 29.1. The second-order valence-corrected chi connectivity index (χ2v) is 8.22. The van der Waals surface area contributed by atoms with Crippen molar-refractivity contribution in [1.82, 2.24) is 14.9 Å². The number of rotatable bonds is 4. The number of thiocarbonyl (C=S) groups is 1. The summed E-state index contributed by atoms with van der Waals surface area (Å²) in [4.78, 5) is 6.89. The van der Waals surface area contributed by atoms with Crippen molar-refractivity contribution in [3.05, 3.63) is 114 Å². The third-order valence-corrected chi connectivity index (χ3v) is 6.25. The van der Waals surface area contributed by atoms with E-state index in [1.54, 1.807) is 0 Å². The van der Waals surface area contributed by atoms with Gasteiger partial charge in [-0.05, 0) is 74.1 Å². The van der Waals surface area contributed by atoms with E-state index in [1.807, 2.05) is 30.5 Å². The summed E-state index contributed by atoms with van der Waals surface area (Å²) in [7, 11) is 0. The second kappa shape index (κ2) is 8.00. The van der Waals surface area contributed by atoms with Crippen LogP contribution in [0.15, 0.2) is 91.1 Å². The first-order valence-electron chi connectivity index (χ1n) is 10.4. The first-order valence-corrected chi connectivity index (χ1v) is 10.9. The summed E-state index contributed by atoms with van der Waals surface area (Å²) < 4.78 is 2.31. The van der Waals surface area contributed by atoms with Crippen LogP contribution in [0.3, 0.4) is 0 Å². The van der Waals surface area contributed by atoms with Crippen LogP contribution < -0.4 is 10.2 Å². The van der Waals surface area contributed by atoms with E-state index in [1.165, 1.54) is 17.0 Å². The maximum Gasteiger partial charge on any atom is 0.174 e. The molecule has 31 heavy (non-hydrogen) atoms. The van der Waals surface area contributed by atoms with E-state index in [-0.39, 0.29) is 12.1 Å². The van der Waals surface area contributed by atoms with Crippen LogP contribution in [0, 0.1) is 13.8 Å². The molecule has 5 heteroatoms. The van der Waals surface area contributed by atoms with E-state index in [4.69, 9.17) is 12.2 Å². The molecule has 0 saturated carbocycles. The van der Waals surface area contributed by atoms with Gasteiger partial charge < -0.3 is 14.8 Å². The van der Waals surface area contributed by atoms with E-state index >= 15 is 0 Å². The maximum absolute atomic E-state index is 5.83. The highest BCUT2D eigenvalue weighted by molar-refractivity contribution is 7.80. The Labute approximate surface area is 188 Å². The van der Waals surface area contributed by atoms with Gasteiger partial charge in [0.25, 0.3) is 0 Å². The molecule has 2 atom stereocenters. The number of benzene rings is 2. The molecule has 2 aromatic carbocycles. The number of nitrogens with zero attached hydrogens (tertiary/aromatic N) is 3. The zero-order valence-corrected chi connectivity index (χ0v) is 18.4. The van der Waals surface area contributed by atoms with Gasteiger partial charge in [0.2, 0.25) is 0 Å². The highest BCUT2D eigenvalue weighted by atomic mass is 32.1. The molecule has 1 aliphatic rings. The van der Waals surface area contributed by atoms with Gasteiger partial charge in [-0.25, -0.2) is 0 Å². The molecule has 5 rings (SSSR count). The molecule has 1 saturated heterocycles. The molecular formula is C26H24N4S. The highest BCUT2D eigenvalue weighted by Gasteiger charge is 2.42. The first kappa shape index (κ1) is 19.5. The standard InChI is InChI=1S/C26H24N4S/c1-18-17-22(19(2)29(18)20-11-5-3-6-12-20)25-24(23-15-9-10-16-27-23)28-26(31)30(25)21-13-7-4-8-14-21/h3-17,24-25H,1-2H3,(H,28,31)/t24-,25+/m0/s1. The average molecular weight is 425 g/mol. The van der Waals surface area contributed by atoms with Crippen molar-refractivity contribution in [1.29, 1.82) is 0 Å². The van der Waals surface area contributed by atoms with Crippen LogP contribution in [0.1, 0.15) is 34.7 Å². The minimum atomic E-state index is -0.0429. The Morgan fingerprint density at radius 1 is 0.839 bits per heavy atom. The molecule has 0 bridgehead atoms. The third-order valence-electron chi connectivity index (χ3n) is 5.94. The number of aryl methyl sites for hydroxylation is 1. The monoisotopic (exact) mass is 424 g/mol. The molecule has 0 unspecified atom stereocenters. The largest absolute Gasteiger partial charge is 0.351 e. The van der Waals surface area contributed by atoms with Gasteiger partial charge >= 0.3 is 0 Å². The predicted molar refractivity (Wildman–Crippen MR) is 130 cm³/mol. The number of anilines is 1. The zero-order valence-electron chi connectivity index (χ0n) is 17.6. The van der Waals surface area contributed by atoms with Crippen LogP contribution in [-0.4, -0.2) is 14.7 Å². The van der Waals surface area contributed by atoms with Gasteiger partial charge in [-0.15, -0.1) is 0 Å². The Hall–Kier alpha value is -3.44. The van der Waals surface area contributed by atoms with Crippen molar-refractivity contribution in [3.8, 4) is 5.69 Å². The molecule has 0 aliphatic carbocycles. The lowest BCUT2D eigenvalue weighted by Gasteiger charge is -2.28. The van der Waals surface area contributed by atoms with Gasteiger partial charge in [-0.2, -0.15) is 0 Å². The van der Waals surface area contributed by atoms with Gasteiger partial charge in [0.1, 0.15) is 0 Å². The van der Waals surface area contributed by atoms with Crippen LogP contribution in [-0.2, 0) is 0 Å². The fourth-order valence-electron chi connectivity index (χ4n) is 4.60. The summed E-state index contributed by atoms with van der Waals surface area (Å²) in [6.07, 6.45) is 1.84. The number of hydrogen-bond donors (Lipinski definition) is 1. The number of para-hydroxylation sites is 2. The van der Waals surface area contributed by atoms with Crippen molar-refractivity contribution in [2.75, 3.05) is 4.90 Å². The van der Waals surface area contributed by atoms with E-state index in [0.29, 0.717) is 0 Å². The van der Waals surface area contributed by atoms with Crippen molar-refractivity contribution in [3.63, 3.8) is 0 Å². The Morgan fingerprint density at radius 3 is 2.13 bits per heavy atom. The second-order valence-electron chi connectivity index (χ2n) is 7.83. The summed E-state index contributed by atoms with van der Waals surface area (Å²) >= 11 is 5.83. The molecule has 1 aliphatic heterocycles. The molecular weight excluding hydrogens is 400 g/mol. The third kappa shape index (κ3) is 3.41. The lowest BCUT2D eigenvalue weighted by atomic mass is 9.96. The molecule has 4 aromatic rings. The SMILES string of the molecule is Cc1cc([C@@H]2[C@H](c3ccccn3)NC(=S)N2c2ccccc2)c(C)n1-c1ccccc1. The smallest absolute Gasteiger partial charge is 0.174 e. The lowest BCUT2D eigenvalue weighted by molar-refractivity contribution is 0.565. The van der Waals surface area contributed by atoms with E-state index in [0.717, 1.165) is 22.2 Å². The molecule has 4 nitrogen and oxygen atoms in total. The summed E-state index contributed by atoms with van der Waals surface area (Å²) in [5.74, 6) is 0. The van der Waals surface area contributed by atoms with E-state index in [2.05, 4.69) is 94.3 Å². The zero-order chi connectivity index (χ0) is 21.4. The maximum atomic E-state index is 5.83. The lowest BCUT2D eigenvalue weighted by Crippen LogP contribution is -2.29. The first-order chi connectivity index (χ1) is 15.1. The normalized spacial score (nSPS) is 18.3. The Morgan fingerprint density at radius 2 is 1.48 bits per heavy atom. The van der Waals surface area contributed by atoms with E-state index in [9.17, 15) is 0 Å². The van der Waals surface area contributed by atoms with Crippen LogP contribution in [0.25, 0.3) is 5.69 Å². The number of nitrogens with one attached hydrogen (secondary N) is 1. The highest BCUT2D eigenvalue weighted by Crippen LogP contribution is 2.43. The van der Waals surface area contributed by atoms with Crippen LogP contribution in [0.4, 0.5) is 5.69 Å². The molecule has 3 heterocycles. The molecule has 154 valence electrons. The molecule has 1 fully saturated rings. The minimum Gasteiger partial charge on any atom is -0.351 e. The van der Waals surface area contributed by atoms with Crippen LogP contribution >= 0.6 is 12.2 Å². The van der Waals surface area contributed by atoms with Crippen LogP contribution in [0.5, 0.6) is 0 Å². The molecule has 0 radical (unpaired) electrons. The molecule has 0 spiro atoms. The summed E-state index contributed by atoms with van der Waals surface area (Å²) in [5, 5.41) is 4.27. The fourth-order valence-corrected chi connectivity index (χ4v) is 4.94. The number of pyridine rings is 1. The van der Waals surface area contributed by atoms with Crippen molar-refractivity contribution in [2.45, 2.75) is 25.9 Å². The topological polar surface area (TPSA) is 33.1 Å². The predicted octanol–water partition coefficient (Wildman–Crippen LogP) is 5.67. The van der Waals surface area contributed by atoms with Crippen molar-refractivity contribution in [2.24, 2.45) is 0 Å². The summed E-state index contributed by atoms with van der Waals surface area (Å²) in [5.41, 5.74) is 6.88. The Kier molecular flexibility index (Phi) is 5.04. The quantitative estimate of drug-likeness (QED) is 0.428. The van der Waals surface area contributed by atoms with Crippen molar-refractivity contribution < 1.29 is 0 Å². The van der Waals surface area contributed by atoms with E-state index < -0.39 is 0 Å². The summed E-state index contributed by atoms with van der Waals surface area (Å²) in [6.45, 7) is 4.35. The molecule has 0 amide bonds. The van der Waals surface area contributed by atoms with Gasteiger partial charge in [-0.1, -0.05) is 42.5 Å². The van der Waals surface area contributed by atoms with Crippen molar-refractivity contribution >= 4 is 23.0 Å². The van der Waals surface area contributed by atoms with Crippen LogP contribution in [0.2, 0.25) is 0 Å². The molecule has 2 aromatic heterocycles. The Balaban J connectivity index is 1.68. The number of aromatic nitrogens is 2. The average Bonchev–Trinajstić information content (AvgIpc) is 3.30. The Bertz CT molecular complexity index is 1200.